The van der Waals surface area contributed by atoms with Crippen LogP contribution in [0.15, 0.2) is 0 Å². The number of hydrogen-bond donors (Lipinski definition) is 2. The van der Waals surface area contributed by atoms with Crippen molar-refractivity contribution >= 4 is 41.2 Å². The van der Waals surface area contributed by atoms with Crippen molar-refractivity contribution in [3.8, 4) is 0 Å². The van der Waals surface area contributed by atoms with Gasteiger partial charge in [0.25, 0.3) is 5.91 Å². The summed E-state index contributed by atoms with van der Waals surface area (Å²) in [5, 5.41) is 0.885. The second kappa shape index (κ2) is 11.1. The molecule has 0 aromatic carbocycles. The number of rotatable bonds is 8. The smallest absolute Gasteiger partial charge is 0.264 e. The maximum Gasteiger partial charge on any atom is 0.264 e. The third kappa shape index (κ3) is 7.64. The molecule has 0 bridgehead atoms. The van der Waals surface area contributed by atoms with Crippen molar-refractivity contribution < 1.29 is 18.9 Å². The first-order chi connectivity index (χ1) is 11.5. The van der Waals surface area contributed by atoms with Gasteiger partial charge in [0, 0.05) is 28.0 Å². The van der Waals surface area contributed by atoms with Crippen LogP contribution in [0.4, 0.5) is 0 Å². The summed E-state index contributed by atoms with van der Waals surface area (Å²) in [5.41, 5.74) is 4.69. The molecule has 0 aromatic rings. The van der Waals surface area contributed by atoms with Crippen molar-refractivity contribution in [1.29, 1.82) is 0 Å². The standard InChI is InChI=1S/C15H26Cl2N2O4S/c1-10(21-13-6-2-11(16)3-7-13)15(20)18-19-22-23-24-14-8-4-12(17)5-9-14/h10-14,19H,2-9H2,1H3,(H,18,20). The van der Waals surface area contributed by atoms with Crippen molar-refractivity contribution in [2.45, 2.75) is 86.5 Å². The monoisotopic (exact) mass is 400 g/mol. The Hall–Kier alpha value is 0.240. The Morgan fingerprint density at radius 2 is 1.62 bits per heavy atom. The van der Waals surface area contributed by atoms with Gasteiger partial charge >= 0.3 is 0 Å². The minimum absolute atomic E-state index is 0.0885. The summed E-state index contributed by atoms with van der Waals surface area (Å²) >= 11 is 13.4. The van der Waals surface area contributed by atoms with Gasteiger partial charge in [0.15, 0.2) is 0 Å². The molecule has 0 aliphatic heterocycles. The predicted octanol–water partition coefficient (Wildman–Crippen LogP) is 3.62. The molecule has 0 saturated heterocycles. The summed E-state index contributed by atoms with van der Waals surface area (Å²) in [5.74, 6) is -0.306. The highest BCUT2D eigenvalue weighted by molar-refractivity contribution is 7.95. The van der Waals surface area contributed by atoms with Gasteiger partial charge in [-0.05, 0) is 58.3 Å². The SMILES string of the molecule is CC(OC1CCC(Cl)CC1)C(=O)NNOOSC1CCC(Cl)CC1. The molecule has 0 spiro atoms. The largest absolute Gasteiger partial charge is 0.365 e. The van der Waals surface area contributed by atoms with E-state index in [4.69, 9.17) is 37.3 Å². The van der Waals surface area contributed by atoms with Crippen LogP contribution < -0.4 is 11.0 Å². The van der Waals surface area contributed by atoms with Crippen LogP contribution >= 0.6 is 35.2 Å². The van der Waals surface area contributed by atoms with Crippen molar-refractivity contribution in [3.05, 3.63) is 0 Å². The van der Waals surface area contributed by atoms with Crippen LogP contribution in [0, 0.1) is 0 Å². The zero-order valence-corrected chi connectivity index (χ0v) is 16.2. The molecule has 2 saturated carbocycles. The van der Waals surface area contributed by atoms with Gasteiger partial charge in [-0.15, -0.1) is 32.5 Å². The minimum Gasteiger partial charge on any atom is -0.365 e. The van der Waals surface area contributed by atoms with Gasteiger partial charge in [0.1, 0.15) is 6.10 Å². The number of amides is 1. The highest BCUT2D eigenvalue weighted by Crippen LogP contribution is 2.31. The molecule has 2 fully saturated rings. The average molecular weight is 401 g/mol. The summed E-state index contributed by atoms with van der Waals surface area (Å²) < 4.78 is 10.7. The van der Waals surface area contributed by atoms with E-state index >= 15 is 0 Å². The second-order valence-corrected chi connectivity index (χ2v) is 8.59. The fourth-order valence-corrected chi connectivity index (χ4v) is 4.05. The van der Waals surface area contributed by atoms with E-state index in [9.17, 15) is 4.79 Å². The van der Waals surface area contributed by atoms with Crippen LogP contribution in [0.25, 0.3) is 0 Å². The van der Waals surface area contributed by atoms with E-state index in [1.165, 1.54) is 12.0 Å². The average Bonchev–Trinajstić information content (AvgIpc) is 2.58. The lowest BCUT2D eigenvalue weighted by Crippen LogP contribution is -2.44. The highest BCUT2D eigenvalue weighted by Gasteiger charge is 2.24. The van der Waals surface area contributed by atoms with E-state index in [2.05, 4.69) is 11.0 Å². The van der Waals surface area contributed by atoms with Crippen LogP contribution in [0.2, 0.25) is 0 Å². The molecule has 1 unspecified atom stereocenters. The first-order valence-corrected chi connectivity index (χ1v) is 10.2. The molecule has 1 atom stereocenters. The fourth-order valence-electron chi connectivity index (χ4n) is 2.89. The Bertz CT molecular complexity index is 378. The summed E-state index contributed by atoms with van der Waals surface area (Å²) in [6.07, 6.45) is 7.15. The van der Waals surface area contributed by atoms with E-state index in [1.54, 1.807) is 6.92 Å². The number of carbonyl (C=O) groups excluding carboxylic acids is 1. The molecule has 0 aromatic heterocycles. The van der Waals surface area contributed by atoms with Gasteiger partial charge in [0.2, 0.25) is 0 Å². The fraction of sp³-hybridized carbons (Fsp3) is 0.933. The highest BCUT2D eigenvalue weighted by atomic mass is 35.5. The normalized spacial score (nSPS) is 32.3. The lowest BCUT2D eigenvalue weighted by molar-refractivity contribution is -0.257. The lowest BCUT2D eigenvalue weighted by Gasteiger charge is -2.27. The van der Waals surface area contributed by atoms with Crippen LogP contribution in [0.5, 0.6) is 0 Å². The molecule has 2 rings (SSSR count). The van der Waals surface area contributed by atoms with E-state index in [-0.39, 0.29) is 22.8 Å². The Morgan fingerprint density at radius 3 is 2.25 bits per heavy atom. The zero-order valence-electron chi connectivity index (χ0n) is 13.8. The maximum atomic E-state index is 11.9. The topological polar surface area (TPSA) is 68.8 Å². The molecular formula is C15H26Cl2N2O4S. The van der Waals surface area contributed by atoms with Gasteiger partial charge in [-0.2, -0.15) is 0 Å². The summed E-state index contributed by atoms with van der Waals surface area (Å²) in [6.45, 7) is 1.71. The number of ether oxygens (including phenoxy) is 1. The number of carbonyl (C=O) groups is 1. The van der Waals surface area contributed by atoms with Gasteiger partial charge in [-0.1, -0.05) is 5.59 Å². The molecular weight excluding hydrogens is 375 g/mol. The molecule has 1 amide bonds. The van der Waals surface area contributed by atoms with E-state index in [1.807, 2.05) is 0 Å². The van der Waals surface area contributed by atoms with Crippen molar-refractivity contribution in [2.24, 2.45) is 0 Å². The molecule has 140 valence electrons. The molecule has 2 aliphatic carbocycles. The third-order valence-electron chi connectivity index (χ3n) is 4.40. The van der Waals surface area contributed by atoms with Gasteiger partial charge < -0.3 is 4.74 Å². The van der Waals surface area contributed by atoms with Crippen molar-refractivity contribution in [3.63, 3.8) is 0 Å². The number of alkyl halides is 2. The van der Waals surface area contributed by atoms with Crippen LogP contribution in [-0.2, 0) is 18.9 Å². The Labute approximate surface area is 157 Å². The number of halogens is 2. The van der Waals surface area contributed by atoms with Crippen LogP contribution in [0.3, 0.4) is 0 Å². The Kier molecular flexibility index (Phi) is 9.47. The zero-order chi connectivity index (χ0) is 17.4. The van der Waals surface area contributed by atoms with Gasteiger partial charge in [-0.3, -0.25) is 10.2 Å². The molecule has 0 radical (unpaired) electrons. The van der Waals surface area contributed by atoms with Crippen molar-refractivity contribution in [1.82, 2.24) is 11.0 Å². The molecule has 2 aliphatic rings. The molecule has 6 nitrogen and oxygen atoms in total. The Morgan fingerprint density at radius 1 is 1.04 bits per heavy atom. The van der Waals surface area contributed by atoms with Crippen LogP contribution in [0.1, 0.15) is 58.3 Å². The summed E-state index contributed by atoms with van der Waals surface area (Å²) in [6, 6.07) is 0. The Balaban J connectivity index is 1.49. The lowest BCUT2D eigenvalue weighted by atomic mass is 9.97. The van der Waals surface area contributed by atoms with Crippen molar-refractivity contribution in [2.75, 3.05) is 0 Å². The maximum absolute atomic E-state index is 11.9. The summed E-state index contributed by atoms with van der Waals surface area (Å²) in [7, 11) is 0. The third-order valence-corrected chi connectivity index (χ3v) is 6.16. The summed E-state index contributed by atoms with van der Waals surface area (Å²) in [4.78, 5) is 16.7. The first kappa shape index (κ1) is 20.6. The number of hydrazine groups is 1. The molecule has 0 heterocycles. The van der Waals surface area contributed by atoms with Crippen LogP contribution in [-0.4, -0.2) is 34.1 Å². The molecule has 9 heteroatoms. The van der Waals surface area contributed by atoms with Gasteiger partial charge in [0.05, 0.1) is 6.10 Å². The number of nitrogens with one attached hydrogen (secondary N) is 2. The van der Waals surface area contributed by atoms with E-state index in [0.717, 1.165) is 51.4 Å². The second-order valence-electron chi connectivity index (χ2n) is 6.37. The number of hydrogen-bond acceptors (Lipinski definition) is 6. The quantitative estimate of drug-likeness (QED) is 0.213. The van der Waals surface area contributed by atoms with E-state index in [0.29, 0.717) is 5.25 Å². The molecule has 24 heavy (non-hydrogen) atoms. The molecule has 2 N–H and O–H groups in total. The van der Waals surface area contributed by atoms with E-state index < -0.39 is 6.10 Å². The minimum atomic E-state index is -0.565. The van der Waals surface area contributed by atoms with Gasteiger partial charge in [-0.25, -0.2) is 0 Å². The predicted molar refractivity (Wildman–Crippen MR) is 95.4 cm³/mol. The first-order valence-electron chi connectivity index (χ1n) is 8.52.